The van der Waals surface area contributed by atoms with Crippen molar-refractivity contribution >= 4 is 20.5 Å². The van der Waals surface area contributed by atoms with Crippen molar-refractivity contribution in [2.24, 2.45) is 5.73 Å². The zero-order valence-corrected chi connectivity index (χ0v) is 21.9. The number of ether oxygens (including phenoxy) is 3. The van der Waals surface area contributed by atoms with Crippen LogP contribution in [0.1, 0.15) is 37.5 Å². The van der Waals surface area contributed by atoms with Crippen LogP contribution in [0.4, 0.5) is 0 Å². The Kier molecular flexibility index (Phi) is 11.3. The highest BCUT2D eigenvalue weighted by Crippen LogP contribution is 2.36. The van der Waals surface area contributed by atoms with Crippen molar-refractivity contribution < 1.29 is 18.6 Å². The van der Waals surface area contributed by atoms with Gasteiger partial charge in [-0.15, -0.1) is 0 Å². The molecule has 2 aromatic rings. The van der Waals surface area contributed by atoms with E-state index in [9.17, 15) is 0 Å². The highest BCUT2D eigenvalue weighted by Gasteiger charge is 2.36. The van der Waals surface area contributed by atoms with Gasteiger partial charge in [0.1, 0.15) is 12.4 Å². The first-order valence-electron chi connectivity index (χ1n) is 11.7. The van der Waals surface area contributed by atoms with Crippen molar-refractivity contribution in [3.63, 3.8) is 0 Å². The molecule has 0 spiro atoms. The van der Waals surface area contributed by atoms with E-state index in [1.165, 1.54) is 0 Å². The molecule has 33 heavy (non-hydrogen) atoms. The first-order valence-corrected chi connectivity index (χ1v) is 14.6. The fraction of sp³-hybridized carbons (Fsp3) is 0.481. The minimum absolute atomic E-state index is 0.227. The van der Waals surface area contributed by atoms with Crippen LogP contribution < -0.4 is 10.5 Å². The Hall–Kier alpha value is -1.96. The van der Waals surface area contributed by atoms with Crippen LogP contribution in [0.25, 0.3) is 12.2 Å². The van der Waals surface area contributed by atoms with Gasteiger partial charge in [-0.05, 0) is 47.0 Å². The molecule has 0 saturated carbocycles. The maximum Gasteiger partial charge on any atom is 0.192 e. The first-order chi connectivity index (χ1) is 15.7. The highest BCUT2D eigenvalue weighted by molar-refractivity contribution is 6.74. The van der Waals surface area contributed by atoms with Crippen LogP contribution in [0.2, 0.25) is 18.1 Å². The number of hydrogen-bond donors (Lipinski definition) is 1. The van der Waals surface area contributed by atoms with E-state index < -0.39 is 8.32 Å². The summed E-state index contributed by atoms with van der Waals surface area (Å²) in [4.78, 5) is 0. The molecule has 0 amide bonds. The standard InChI is InChI=1S/C27H41NO4Si/c1-27(2,3)33(4,5)32-21-19-30-17-16-29-18-20-31-26-14-12-24(13-15-26)7-6-23-8-10-25(22-28)11-9-23/h6-15H,16-22,28H2,1-5H3. The molecular formula is C27H41NO4Si. The first kappa shape index (κ1) is 27.3. The maximum atomic E-state index is 6.09. The summed E-state index contributed by atoms with van der Waals surface area (Å²) in [5.41, 5.74) is 9.04. The summed E-state index contributed by atoms with van der Waals surface area (Å²) < 4.78 is 23.0. The van der Waals surface area contributed by atoms with Gasteiger partial charge in [0.15, 0.2) is 8.32 Å². The second-order valence-corrected chi connectivity index (χ2v) is 14.3. The van der Waals surface area contributed by atoms with E-state index in [4.69, 9.17) is 24.4 Å². The second-order valence-electron chi connectivity index (χ2n) is 9.53. The van der Waals surface area contributed by atoms with Crippen molar-refractivity contribution in [2.75, 3.05) is 39.6 Å². The molecule has 2 aromatic carbocycles. The van der Waals surface area contributed by atoms with Crippen LogP contribution in [0.5, 0.6) is 5.75 Å². The van der Waals surface area contributed by atoms with Gasteiger partial charge in [-0.2, -0.15) is 0 Å². The molecule has 0 bridgehead atoms. The van der Waals surface area contributed by atoms with E-state index in [1.807, 2.05) is 24.3 Å². The third kappa shape index (κ3) is 10.2. The van der Waals surface area contributed by atoms with Crippen molar-refractivity contribution in [1.82, 2.24) is 0 Å². The quantitative estimate of drug-likeness (QED) is 0.216. The molecule has 0 aromatic heterocycles. The highest BCUT2D eigenvalue weighted by atomic mass is 28.4. The predicted octanol–water partition coefficient (Wildman–Crippen LogP) is 5.75. The number of nitrogens with two attached hydrogens (primary N) is 1. The van der Waals surface area contributed by atoms with Crippen LogP contribution in [0.3, 0.4) is 0 Å². The van der Waals surface area contributed by atoms with Gasteiger partial charge in [0.05, 0.1) is 33.0 Å². The topological polar surface area (TPSA) is 62.9 Å². The van der Waals surface area contributed by atoms with E-state index in [2.05, 4.69) is 70.3 Å². The molecule has 0 radical (unpaired) electrons. The predicted molar refractivity (Wildman–Crippen MR) is 140 cm³/mol. The van der Waals surface area contributed by atoms with Crippen molar-refractivity contribution in [2.45, 2.75) is 45.4 Å². The third-order valence-electron chi connectivity index (χ3n) is 5.93. The molecule has 0 aliphatic heterocycles. The molecular weight excluding hydrogens is 430 g/mol. The second kappa shape index (κ2) is 13.7. The van der Waals surface area contributed by atoms with Crippen LogP contribution in [0.15, 0.2) is 48.5 Å². The normalized spacial score (nSPS) is 12.4. The van der Waals surface area contributed by atoms with Gasteiger partial charge in [-0.25, -0.2) is 0 Å². The maximum absolute atomic E-state index is 6.09. The monoisotopic (exact) mass is 471 g/mol. The summed E-state index contributed by atoms with van der Waals surface area (Å²) in [5.74, 6) is 0.835. The lowest BCUT2D eigenvalue weighted by Gasteiger charge is -2.36. The molecule has 6 heteroatoms. The minimum Gasteiger partial charge on any atom is -0.491 e. The molecule has 0 saturated heterocycles. The van der Waals surface area contributed by atoms with Crippen LogP contribution in [-0.2, 0) is 20.4 Å². The largest absolute Gasteiger partial charge is 0.491 e. The average molecular weight is 472 g/mol. The molecule has 0 atom stereocenters. The Labute approximate surface area is 201 Å². The lowest BCUT2D eigenvalue weighted by molar-refractivity contribution is 0.0260. The number of rotatable bonds is 14. The molecule has 0 aliphatic carbocycles. The van der Waals surface area contributed by atoms with Gasteiger partial charge in [0.2, 0.25) is 0 Å². The lowest BCUT2D eigenvalue weighted by atomic mass is 10.1. The Balaban J connectivity index is 1.54. The molecule has 0 unspecified atom stereocenters. The summed E-state index contributed by atoms with van der Waals surface area (Å²) >= 11 is 0. The van der Waals surface area contributed by atoms with Crippen molar-refractivity contribution in [3.05, 3.63) is 65.2 Å². The van der Waals surface area contributed by atoms with Crippen LogP contribution in [-0.4, -0.2) is 48.0 Å². The molecule has 2 N–H and O–H groups in total. The zero-order valence-electron chi connectivity index (χ0n) is 20.9. The Morgan fingerprint density at radius 2 is 1.21 bits per heavy atom. The Bertz CT molecular complexity index is 827. The zero-order chi connectivity index (χ0) is 24.2. The van der Waals surface area contributed by atoms with Gasteiger partial charge in [0, 0.05) is 6.54 Å². The summed E-state index contributed by atoms with van der Waals surface area (Å²) in [6, 6.07) is 16.3. The summed E-state index contributed by atoms with van der Waals surface area (Å²) in [6.07, 6.45) is 4.17. The molecule has 182 valence electrons. The molecule has 0 heterocycles. The van der Waals surface area contributed by atoms with Gasteiger partial charge in [-0.3, -0.25) is 0 Å². The van der Waals surface area contributed by atoms with Gasteiger partial charge < -0.3 is 24.4 Å². The molecule has 0 aliphatic rings. The minimum atomic E-state index is -1.69. The van der Waals surface area contributed by atoms with Crippen LogP contribution >= 0.6 is 0 Å². The van der Waals surface area contributed by atoms with E-state index in [0.717, 1.165) is 22.4 Å². The van der Waals surface area contributed by atoms with Gasteiger partial charge >= 0.3 is 0 Å². The van der Waals surface area contributed by atoms with E-state index >= 15 is 0 Å². The molecule has 0 fully saturated rings. The fourth-order valence-corrected chi connectivity index (χ4v) is 3.77. The Morgan fingerprint density at radius 1 is 0.727 bits per heavy atom. The fourth-order valence-electron chi connectivity index (χ4n) is 2.75. The van der Waals surface area contributed by atoms with Gasteiger partial charge in [-0.1, -0.05) is 69.3 Å². The van der Waals surface area contributed by atoms with Crippen molar-refractivity contribution in [3.8, 4) is 5.75 Å². The van der Waals surface area contributed by atoms with Gasteiger partial charge in [0.25, 0.3) is 0 Å². The summed E-state index contributed by atoms with van der Waals surface area (Å²) in [5, 5.41) is 0.227. The summed E-state index contributed by atoms with van der Waals surface area (Å²) in [6.45, 7) is 15.2. The SMILES string of the molecule is CC(C)(C)[Si](C)(C)OCCOCCOCCOc1ccc(C=Cc2ccc(CN)cc2)cc1. The Morgan fingerprint density at radius 3 is 1.73 bits per heavy atom. The van der Waals surface area contributed by atoms with E-state index in [1.54, 1.807) is 0 Å². The smallest absolute Gasteiger partial charge is 0.192 e. The number of hydrogen-bond acceptors (Lipinski definition) is 5. The lowest BCUT2D eigenvalue weighted by Crippen LogP contribution is -2.41. The van der Waals surface area contributed by atoms with Crippen molar-refractivity contribution in [1.29, 1.82) is 0 Å². The molecule has 2 rings (SSSR count). The average Bonchev–Trinajstić information content (AvgIpc) is 2.79. The molecule has 5 nitrogen and oxygen atoms in total. The van der Waals surface area contributed by atoms with Crippen LogP contribution in [0, 0.1) is 0 Å². The van der Waals surface area contributed by atoms with E-state index in [0.29, 0.717) is 46.2 Å². The number of benzene rings is 2. The third-order valence-corrected chi connectivity index (χ3v) is 10.5. The summed E-state index contributed by atoms with van der Waals surface area (Å²) in [7, 11) is -1.69. The van der Waals surface area contributed by atoms with E-state index in [-0.39, 0.29) is 5.04 Å².